The number of para-hydroxylation sites is 5. The standard InChI is InChI=1S/C23H26N3.C21H22N3.C21H21N2.C20H20N3.C20H19N2/c1-15-11-12-18-17-9-7-8-10-19(17)26(21(18)16(15)2)22-24-20(23(3,4)5)13-14-25(22)6;1-13-10-11-18-17-8-6-7-9-19(17)24(20(18)15(13)3)21-22-16(4)14(2)12-23(21)5;1-14-8-7-11-18(16(14)3)23-19-10-6-5-9-17(19)20-15(2)12-13-22(4)21(20)23;1-13-9-10-17-16-7-5-6-8-18(16)23(19(17)15(13)3)20-21-14(2)11-12-22(20)4;1-14-8-6-12-18(15(14)2)22-19-11-5-4-9-16(19)17-10-7-13-21(3)20(17)22/h7-14H,1-6H3;6-12H,1-5H3;5-13H,1-4H3;5-12H,1-4H3;4-13H,1-3H3/q5*+1. The summed E-state index contributed by atoms with van der Waals surface area (Å²) in [6.07, 6.45) is 10.6. The summed E-state index contributed by atoms with van der Waals surface area (Å²) in [6.45, 7) is 36.9. The van der Waals surface area contributed by atoms with Crippen molar-refractivity contribution in [2.24, 2.45) is 35.2 Å². The first kappa shape index (κ1) is 78.6. The smallest absolute Gasteiger partial charge is 0.238 e. The first-order chi connectivity index (χ1) is 56.6. The van der Waals surface area contributed by atoms with Crippen molar-refractivity contribution in [2.75, 3.05) is 0 Å². The van der Waals surface area contributed by atoms with Crippen LogP contribution >= 0.6 is 0 Å². The van der Waals surface area contributed by atoms with E-state index >= 15 is 0 Å². The van der Waals surface area contributed by atoms with Crippen LogP contribution in [0.3, 0.4) is 0 Å². The van der Waals surface area contributed by atoms with Crippen molar-refractivity contribution in [1.29, 1.82) is 0 Å². The number of pyridine rings is 2. The topological polar surface area (TPSA) is 82.7 Å². The number of aromatic nitrogens is 13. The fraction of sp³-hybridized carbons (Fsp3) is 0.219. The lowest BCUT2D eigenvalue weighted by atomic mass is 9.92. The Morgan fingerprint density at radius 3 is 1.08 bits per heavy atom. The number of rotatable bonds is 5. The number of hydrogen-bond donors (Lipinski definition) is 0. The lowest BCUT2D eigenvalue weighted by Crippen LogP contribution is -2.36. The van der Waals surface area contributed by atoms with Gasteiger partial charge in [-0.1, -0.05) is 175 Å². The molecule has 0 fully saturated rings. The molecule has 0 aliphatic heterocycles. The van der Waals surface area contributed by atoms with E-state index in [1.54, 1.807) is 0 Å². The van der Waals surface area contributed by atoms with E-state index in [9.17, 15) is 0 Å². The Kier molecular flexibility index (Phi) is 20.7. The molecular weight excluding hydrogens is 1440 g/mol. The van der Waals surface area contributed by atoms with Crippen LogP contribution in [0.25, 0.3) is 139 Å². The summed E-state index contributed by atoms with van der Waals surface area (Å²) >= 11 is 0. The number of aryl methyl sites for hydroxylation is 17. The number of nitrogens with zero attached hydrogens (tertiary/aromatic N) is 13. The van der Waals surface area contributed by atoms with Crippen molar-refractivity contribution in [1.82, 2.24) is 37.8 Å². The fourth-order valence-electron chi connectivity index (χ4n) is 17.3. The average molecular weight is 1550 g/mol. The Labute approximate surface area is 692 Å². The molecule has 588 valence electrons. The Balaban J connectivity index is 0.000000110. The molecule has 0 N–H and O–H groups in total. The van der Waals surface area contributed by atoms with Crippen molar-refractivity contribution in [3.8, 4) is 29.2 Å². The highest BCUT2D eigenvalue weighted by Crippen LogP contribution is 2.40. The summed E-state index contributed by atoms with van der Waals surface area (Å²) in [7, 11) is 10.4. The average Bonchev–Trinajstić information content (AvgIpc) is 1.60. The van der Waals surface area contributed by atoms with Crippen LogP contribution in [0.1, 0.15) is 105 Å². The molecule has 0 atom stereocenters. The van der Waals surface area contributed by atoms with Gasteiger partial charge >= 0.3 is 17.8 Å². The van der Waals surface area contributed by atoms with Crippen LogP contribution in [0.2, 0.25) is 0 Å². The third-order valence-corrected chi connectivity index (χ3v) is 24.7. The summed E-state index contributed by atoms with van der Waals surface area (Å²) in [5, 5.41) is 12.9. The van der Waals surface area contributed by atoms with Gasteiger partial charge in [0, 0.05) is 66.2 Å². The predicted molar refractivity (Wildman–Crippen MR) is 488 cm³/mol. The van der Waals surface area contributed by atoms with Crippen LogP contribution in [0.15, 0.2) is 255 Å². The van der Waals surface area contributed by atoms with Gasteiger partial charge in [-0.15, -0.1) is 0 Å². The van der Waals surface area contributed by atoms with E-state index in [0.29, 0.717) is 0 Å². The molecular formula is C105H108N13+5. The molecule has 20 aromatic rings. The van der Waals surface area contributed by atoms with Crippen molar-refractivity contribution >= 4 is 109 Å². The van der Waals surface area contributed by atoms with E-state index in [1.807, 2.05) is 20.0 Å². The molecule has 20 rings (SSSR count). The van der Waals surface area contributed by atoms with E-state index < -0.39 is 0 Å². The molecule has 0 unspecified atom stereocenters. The zero-order valence-electron chi connectivity index (χ0n) is 72.6. The van der Waals surface area contributed by atoms with Crippen LogP contribution in [0.4, 0.5) is 0 Å². The monoisotopic (exact) mass is 1550 g/mol. The van der Waals surface area contributed by atoms with Gasteiger partial charge < -0.3 is 0 Å². The molecule has 0 amide bonds. The molecule has 13 heteroatoms. The fourth-order valence-corrected chi connectivity index (χ4v) is 17.3. The maximum Gasteiger partial charge on any atom is 0.404 e. The molecule has 13 nitrogen and oxygen atoms in total. The van der Waals surface area contributed by atoms with Gasteiger partial charge in [-0.2, -0.15) is 22.8 Å². The Hall–Kier alpha value is -13.3. The van der Waals surface area contributed by atoms with Crippen LogP contribution in [-0.2, 0) is 40.7 Å². The molecule has 0 saturated carbocycles. The van der Waals surface area contributed by atoms with E-state index in [1.165, 1.54) is 187 Å². The lowest BCUT2D eigenvalue weighted by molar-refractivity contribution is -0.668. The van der Waals surface area contributed by atoms with E-state index in [4.69, 9.17) is 15.0 Å². The molecule has 0 aliphatic carbocycles. The second kappa shape index (κ2) is 31.1. The lowest BCUT2D eigenvalue weighted by Gasteiger charge is -2.15. The molecule has 10 aromatic carbocycles. The molecule has 10 aromatic heterocycles. The third-order valence-electron chi connectivity index (χ3n) is 24.7. The highest BCUT2D eigenvalue weighted by Gasteiger charge is 2.31. The van der Waals surface area contributed by atoms with Gasteiger partial charge in [0.15, 0.2) is 0 Å². The number of hydrogen-bond acceptors (Lipinski definition) is 3. The largest absolute Gasteiger partial charge is 0.404 e. The van der Waals surface area contributed by atoms with Crippen molar-refractivity contribution in [3.63, 3.8) is 0 Å². The second-order valence-corrected chi connectivity index (χ2v) is 33.5. The summed E-state index contributed by atoms with van der Waals surface area (Å²) in [5.74, 6) is 2.86. The van der Waals surface area contributed by atoms with Crippen LogP contribution in [-0.4, -0.2) is 37.8 Å². The number of benzene rings is 10. The van der Waals surface area contributed by atoms with E-state index in [0.717, 1.165) is 34.9 Å². The zero-order chi connectivity index (χ0) is 83.2. The minimum Gasteiger partial charge on any atom is -0.238 e. The molecule has 0 radical (unpaired) electrons. The molecule has 0 spiro atoms. The van der Waals surface area contributed by atoms with Crippen LogP contribution in [0.5, 0.6) is 0 Å². The van der Waals surface area contributed by atoms with Gasteiger partial charge in [-0.3, -0.25) is 0 Å². The Morgan fingerprint density at radius 2 is 0.619 bits per heavy atom. The molecule has 0 aliphatic rings. The third kappa shape index (κ3) is 13.6. The first-order valence-corrected chi connectivity index (χ1v) is 41.1. The van der Waals surface area contributed by atoms with Gasteiger partial charge in [-0.05, 0) is 231 Å². The SMILES string of the molecule is Cc1c[n+](C)c(-n2c3ccccc3c3ccc(C)c(C)c32)nc1C.Cc1cc[n+](C)c(-n2c3ccccc3c3ccc(C)c(C)c32)n1.Cc1ccc2c3ccccc3n(-c3nc(C(C)(C)C)cc[n+]3C)c2c1C.Cc1cccc(-n2c3ccccc3c3c(C)cc[n+](C)c32)c1C.Cc1cccc(-n2c3ccccc3c3ccc[n+](C)c32)c1C. The number of fused-ring (bicyclic) bond motifs is 15. The van der Waals surface area contributed by atoms with Crippen LogP contribution in [0, 0.1) is 96.9 Å². The minimum absolute atomic E-state index is 0.00668. The molecule has 0 saturated heterocycles. The van der Waals surface area contributed by atoms with Crippen LogP contribution < -0.4 is 22.8 Å². The van der Waals surface area contributed by atoms with Gasteiger partial charge in [0.25, 0.3) is 11.3 Å². The van der Waals surface area contributed by atoms with E-state index in [2.05, 4.69) is 434 Å². The highest BCUT2D eigenvalue weighted by atomic mass is 15.2. The minimum atomic E-state index is 0.00668. The highest BCUT2D eigenvalue weighted by molar-refractivity contribution is 6.13. The van der Waals surface area contributed by atoms with Crippen molar-refractivity contribution in [2.45, 2.75) is 123 Å². The first-order valence-electron chi connectivity index (χ1n) is 41.1. The Bertz CT molecular complexity index is 7400. The quantitative estimate of drug-likeness (QED) is 0.161. The van der Waals surface area contributed by atoms with Gasteiger partial charge in [-0.25, -0.2) is 22.8 Å². The maximum absolute atomic E-state index is 5.08. The second-order valence-electron chi connectivity index (χ2n) is 33.5. The van der Waals surface area contributed by atoms with Gasteiger partial charge in [0.05, 0.1) is 77.0 Å². The molecule has 118 heavy (non-hydrogen) atoms. The van der Waals surface area contributed by atoms with Crippen molar-refractivity contribution < 1.29 is 22.8 Å². The summed E-state index contributed by atoms with van der Waals surface area (Å²) in [6, 6.07) is 80.2. The van der Waals surface area contributed by atoms with Gasteiger partial charge in [0.1, 0.15) is 72.6 Å². The summed E-state index contributed by atoms with van der Waals surface area (Å²) in [5.41, 5.74) is 33.7. The van der Waals surface area contributed by atoms with Crippen molar-refractivity contribution in [3.05, 3.63) is 339 Å². The zero-order valence-corrected chi connectivity index (χ0v) is 72.6. The molecule has 10 heterocycles. The van der Waals surface area contributed by atoms with E-state index in [-0.39, 0.29) is 5.41 Å². The summed E-state index contributed by atoms with van der Waals surface area (Å²) < 4.78 is 22.5. The Morgan fingerprint density at radius 1 is 0.254 bits per heavy atom. The summed E-state index contributed by atoms with van der Waals surface area (Å²) in [4.78, 5) is 14.8. The molecule has 0 bridgehead atoms. The maximum atomic E-state index is 5.08. The normalized spacial score (nSPS) is 11.6. The van der Waals surface area contributed by atoms with Gasteiger partial charge in [0.2, 0.25) is 0 Å². The predicted octanol–water partition coefficient (Wildman–Crippen LogP) is 21.8.